The van der Waals surface area contributed by atoms with Crippen LogP contribution in [0.4, 0.5) is 4.39 Å². The van der Waals surface area contributed by atoms with Gasteiger partial charge in [-0.2, -0.15) is 0 Å². The van der Waals surface area contributed by atoms with Crippen LogP contribution in [0.25, 0.3) is 0 Å². The van der Waals surface area contributed by atoms with E-state index in [0.29, 0.717) is 13.0 Å². The summed E-state index contributed by atoms with van der Waals surface area (Å²) in [6.07, 6.45) is -0.238. The number of piperidine rings is 1. The van der Waals surface area contributed by atoms with Gasteiger partial charge in [0, 0.05) is 12.5 Å². The lowest BCUT2D eigenvalue weighted by molar-refractivity contribution is 0.228. The van der Waals surface area contributed by atoms with Crippen molar-refractivity contribution in [1.82, 2.24) is 5.32 Å². The van der Waals surface area contributed by atoms with Crippen molar-refractivity contribution >= 4 is 0 Å². The molecule has 1 aromatic rings. The first-order valence-electron chi connectivity index (χ1n) is 4.91. The fourth-order valence-electron chi connectivity index (χ4n) is 1.91. The maximum atomic E-state index is 13.5. The Morgan fingerprint density at radius 1 is 1.43 bits per heavy atom. The molecule has 76 valence electrons. The fraction of sp³-hybridized carbons (Fsp3) is 0.455. The number of alkyl halides is 1. The van der Waals surface area contributed by atoms with E-state index < -0.39 is 6.17 Å². The van der Waals surface area contributed by atoms with E-state index in [0.717, 1.165) is 12.1 Å². The van der Waals surface area contributed by atoms with Crippen LogP contribution in [-0.4, -0.2) is 24.4 Å². The molecule has 0 aliphatic carbocycles. The van der Waals surface area contributed by atoms with Crippen molar-refractivity contribution in [3.63, 3.8) is 0 Å². The molecular formula is C11H14FNO. The Labute approximate surface area is 82.8 Å². The van der Waals surface area contributed by atoms with Crippen LogP contribution in [0, 0.1) is 0 Å². The molecule has 2 nitrogen and oxygen atoms in total. The van der Waals surface area contributed by atoms with Crippen molar-refractivity contribution < 1.29 is 9.50 Å². The molecule has 1 fully saturated rings. The number of aromatic hydroxyl groups is 1. The maximum Gasteiger partial charge on any atom is 0.115 e. The molecular weight excluding hydrogens is 181 g/mol. The van der Waals surface area contributed by atoms with Crippen molar-refractivity contribution in [3.8, 4) is 5.75 Å². The number of phenolic OH excluding ortho intramolecular Hbond substituents is 1. The van der Waals surface area contributed by atoms with Gasteiger partial charge in [-0.15, -0.1) is 0 Å². The summed E-state index contributed by atoms with van der Waals surface area (Å²) in [4.78, 5) is 0. The van der Waals surface area contributed by atoms with Crippen LogP contribution >= 0.6 is 0 Å². The standard InChI is InChI=1S/C11H14FNO/c12-11-4-5-13-7-10(11)8-2-1-3-9(14)6-8/h1-3,6,10-11,13-14H,4-5,7H2. The highest BCUT2D eigenvalue weighted by Crippen LogP contribution is 2.28. The molecule has 1 saturated heterocycles. The smallest absolute Gasteiger partial charge is 0.115 e. The Morgan fingerprint density at radius 3 is 3.00 bits per heavy atom. The van der Waals surface area contributed by atoms with Gasteiger partial charge in [0.15, 0.2) is 0 Å². The van der Waals surface area contributed by atoms with E-state index in [9.17, 15) is 9.50 Å². The highest BCUT2D eigenvalue weighted by Gasteiger charge is 2.25. The zero-order valence-electron chi connectivity index (χ0n) is 7.91. The lowest BCUT2D eigenvalue weighted by Gasteiger charge is -2.27. The highest BCUT2D eigenvalue weighted by molar-refractivity contribution is 5.31. The molecule has 0 bridgehead atoms. The molecule has 1 aromatic carbocycles. The van der Waals surface area contributed by atoms with Gasteiger partial charge in [0.1, 0.15) is 11.9 Å². The van der Waals surface area contributed by atoms with Gasteiger partial charge in [0.2, 0.25) is 0 Å². The van der Waals surface area contributed by atoms with Gasteiger partial charge < -0.3 is 10.4 Å². The van der Waals surface area contributed by atoms with E-state index in [1.807, 2.05) is 6.07 Å². The topological polar surface area (TPSA) is 32.3 Å². The van der Waals surface area contributed by atoms with Gasteiger partial charge in [-0.3, -0.25) is 0 Å². The van der Waals surface area contributed by atoms with Crippen LogP contribution < -0.4 is 5.32 Å². The molecule has 0 amide bonds. The molecule has 3 heteroatoms. The Balaban J connectivity index is 2.20. The molecule has 2 rings (SSSR count). The summed E-state index contributed by atoms with van der Waals surface area (Å²) >= 11 is 0. The first kappa shape index (κ1) is 9.46. The number of benzene rings is 1. The minimum atomic E-state index is -0.793. The number of rotatable bonds is 1. The van der Waals surface area contributed by atoms with E-state index in [2.05, 4.69) is 5.32 Å². The molecule has 0 radical (unpaired) electrons. The number of halogens is 1. The van der Waals surface area contributed by atoms with Crippen molar-refractivity contribution in [1.29, 1.82) is 0 Å². The predicted octanol–water partition coefficient (Wildman–Crippen LogP) is 1.81. The lowest BCUT2D eigenvalue weighted by atomic mass is 9.90. The average Bonchev–Trinajstić information content (AvgIpc) is 2.18. The molecule has 0 spiro atoms. The SMILES string of the molecule is Oc1cccc(C2CNCCC2F)c1. The minimum absolute atomic E-state index is 0.115. The summed E-state index contributed by atoms with van der Waals surface area (Å²) in [5.41, 5.74) is 0.879. The second kappa shape index (κ2) is 3.96. The largest absolute Gasteiger partial charge is 0.508 e. The molecule has 1 aliphatic rings. The molecule has 14 heavy (non-hydrogen) atoms. The Hall–Kier alpha value is -1.09. The Morgan fingerprint density at radius 2 is 2.29 bits per heavy atom. The van der Waals surface area contributed by atoms with Crippen LogP contribution in [0.1, 0.15) is 17.9 Å². The van der Waals surface area contributed by atoms with Crippen LogP contribution in [0.3, 0.4) is 0 Å². The van der Waals surface area contributed by atoms with Crippen molar-refractivity contribution in [2.75, 3.05) is 13.1 Å². The summed E-state index contributed by atoms with van der Waals surface area (Å²) in [5.74, 6) is 0.0936. The van der Waals surface area contributed by atoms with Crippen molar-refractivity contribution in [3.05, 3.63) is 29.8 Å². The van der Waals surface area contributed by atoms with Gasteiger partial charge in [-0.25, -0.2) is 4.39 Å². The highest BCUT2D eigenvalue weighted by atomic mass is 19.1. The second-order valence-electron chi connectivity index (χ2n) is 3.71. The van der Waals surface area contributed by atoms with Crippen LogP contribution in [0.5, 0.6) is 5.75 Å². The van der Waals surface area contributed by atoms with Gasteiger partial charge in [-0.1, -0.05) is 12.1 Å². The number of hydrogen-bond acceptors (Lipinski definition) is 2. The maximum absolute atomic E-state index is 13.5. The summed E-state index contributed by atoms with van der Waals surface area (Å²) in [6.45, 7) is 1.40. The number of phenols is 1. The van der Waals surface area contributed by atoms with E-state index in [4.69, 9.17) is 0 Å². The van der Waals surface area contributed by atoms with Gasteiger partial charge >= 0.3 is 0 Å². The second-order valence-corrected chi connectivity index (χ2v) is 3.71. The fourth-order valence-corrected chi connectivity index (χ4v) is 1.91. The monoisotopic (exact) mass is 195 g/mol. The first-order valence-corrected chi connectivity index (χ1v) is 4.91. The van der Waals surface area contributed by atoms with Crippen molar-refractivity contribution in [2.45, 2.75) is 18.5 Å². The van der Waals surface area contributed by atoms with Gasteiger partial charge in [-0.05, 0) is 30.7 Å². The minimum Gasteiger partial charge on any atom is -0.508 e. The summed E-state index contributed by atoms with van der Waals surface area (Å²) in [6, 6.07) is 6.87. The molecule has 0 aromatic heterocycles. The van der Waals surface area contributed by atoms with E-state index in [1.165, 1.54) is 0 Å². The Bertz CT molecular complexity index is 316. The summed E-state index contributed by atoms with van der Waals surface area (Å²) in [7, 11) is 0. The number of nitrogens with one attached hydrogen (secondary N) is 1. The lowest BCUT2D eigenvalue weighted by Crippen LogP contribution is -2.36. The molecule has 1 heterocycles. The zero-order valence-corrected chi connectivity index (χ0v) is 7.91. The van der Waals surface area contributed by atoms with Crippen molar-refractivity contribution in [2.24, 2.45) is 0 Å². The summed E-state index contributed by atoms with van der Waals surface area (Å²) < 4.78 is 13.5. The molecule has 2 atom stereocenters. The van der Waals surface area contributed by atoms with E-state index in [1.54, 1.807) is 18.2 Å². The first-order chi connectivity index (χ1) is 6.77. The van der Waals surface area contributed by atoms with Crippen LogP contribution in [0.2, 0.25) is 0 Å². The predicted molar refractivity (Wildman–Crippen MR) is 53.2 cm³/mol. The van der Waals surface area contributed by atoms with Crippen LogP contribution in [-0.2, 0) is 0 Å². The molecule has 2 N–H and O–H groups in total. The van der Waals surface area contributed by atoms with Crippen LogP contribution in [0.15, 0.2) is 24.3 Å². The van der Waals surface area contributed by atoms with E-state index in [-0.39, 0.29) is 11.7 Å². The quantitative estimate of drug-likeness (QED) is 0.716. The third kappa shape index (κ3) is 1.87. The zero-order chi connectivity index (χ0) is 9.97. The molecule has 2 unspecified atom stereocenters. The van der Waals surface area contributed by atoms with E-state index >= 15 is 0 Å². The molecule has 0 saturated carbocycles. The van der Waals surface area contributed by atoms with Gasteiger partial charge in [0.25, 0.3) is 0 Å². The third-order valence-corrected chi connectivity index (χ3v) is 2.70. The average molecular weight is 195 g/mol. The van der Waals surface area contributed by atoms with Gasteiger partial charge in [0.05, 0.1) is 0 Å². The third-order valence-electron chi connectivity index (χ3n) is 2.70. The molecule has 1 aliphatic heterocycles. The number of hydrogen-bond donors (Lipinski definition) is 2. The summed E-state index contributed by atoms with van der Waals surface area (Å²) in [5, 5.41) is 12.4. The Kier molecular flexibility index (Phi) is 2.68. The normalized spacial score (nSPS) is 27.5.